The first kappa shape index (κ1) is 23.7. The van der Waals surface area contributed by atoms with Gasteiger partial charge in [0, 0.05) is 42.5 Å². The summed E-state index contributed by atoms with van der Waals surface area (Å²) < 4.78 is 41.8. The summed E-state index contributed by atoms with van der Waals surface area (Å²) >= 11 is 0. The van der Waals surface area contributed by atoms with Crippen LogP contribution in [0.5, 0.6) is 0 Å². The monoisotopic (exact) mass is 456 g/mol. The molecule has 10 heteroatoms. The van der Waals surface area contributed by atoms with Crippen LogP contribution in [-0.2, 0) is 17.5 Å². The molecule has 3 rings (SSSR count). The average molecular weight is 456 g/mol. The molecule has 0 aliphatic carbocycles. The number of amides is 1. The second-order valence-electron chi connectivity index (χ2n) is 7.40. The number of rotatable bonds is 7. The predicted octanol–water partition coefficient (Wildman–Crippen LogP) is 4.44. The van der Waals surface area contributed by atoms with Gasteiger partial charge in [-0.05, 0) is 31.6 Å². The zero-order chi connectivity index (χ0) is 24.0. The van der Waals surface area contributed by atoms with Crippen LogP contribution in [0.3, 0.4) is 0 Å². The van der Waals surface area contributed by atoms with Gasteiger partial charge in [-0.3, -0.25) is 14.5 Å². The van der Waals surface area contributed by atoms with Crippen molar-refractivity contribution in [3.05, 3.63) is 77.9 Å². The van der Waals surface area contributed by atoms with Gasteiger partial charge in [-0.2, -0.15) is 18.3 Å². The smallest absolute Gasteiger partial charge is 0.384 e. The van der Waals surface area contributed by atoms with E-state index in [1.165, 1.54) is 18.3 Å². The summed E-state index contributed by atoms with van der Waals surface area (Å²) in [5.41, 5.74) is 1.36. The second-order valence-corrected chi connectivity index (χ2v) is 7.40. The van der Waals surface area contributed by atoms with Crippen LogP contribution >= 0.6 is 0 Å². The highest BCUT2D eigenvalue weighted by Crippen LogP contribution is 2.34. The molecule has 172 valence electrons. The number of carbonyl (C=O) groups is 1. The van der Waals surface area contributed by atoms with E-state index in [0.29, 0.717) is 17.8 Å². The van der Waals surface area contributed by atoms with E-state index in [4.69, 9.17) is 0 Å². The number of anilines is 1. The van der Waals surface area contributed by atoms with Crippen molar-refractivity contribution in [3.8, 4) is 0 Å². The maximum absolute atomic E-state index is 13.6. The molecule has 7 nitrogen and oxygen atoms in total. The fraction of sp³-hybridized carbons (Fsp3) is 0.217. The molecule has 2 aromatic heterocycles. The van der Waals surface area contributed by atoms with Crippen molar-refractivity contribution < 1.29 is 18.0 Å². The summed E-state index contributed by atoms with van der Waals surface area (Å²) in [6.45, 7) is 7.34. The molecular formula is C23H23F3N6O. The third kappa shape index (κ3) is 6.28. The second kappa shape index (κ2) is 10.1. The average Bonchev–Trinajstić information content (AvgIpc) is 3.18. The van der Waals surface area contributed by atoms with Crippen LogP contribution in [0.15, 0.2) is 66.1 Å². The van der Waals surface area contributed by atoms with Crippen LogP contribution in [-0.4, -0.2) is 33.4 Å². The highest BCUT2D eigenvalue weighted by Gasteiger charge is 2.38. The molecule has 2 N–H and O–H groups in total. The Kier molecular flexibility index (Phi) is 7.27. The van der Waals surface area contributed by atoms with E-state index in [0.717, 1.165) is 15.8 Å². The van der Waals surface area contributed by atoms with Crippen molar-refractivity contribution in [2.45, 2.75) is 26.6 Å². The van der Waals surface area contributed by atoms with E-state index in [2.05, 4.69) is 32.3 Å². The maximum Gasteiger partial charge on any atom is 0.435 e. The summed E-state index contributed by atoms with van der Waals surface area (Å²) in [6.07, 6.45) is 6.02. The third-order valence-electron chi connectivity index (χ3n) is 4.39. The van der Waals surface area contributed by atoms with Crippen LogP contribution in [0.1, 0.15) is 30.7 Å². The molecule has 3 heterocycles. The normalized spacial score (nSPS) is 13.7. The highest BCUT2D eigenvalue weighted by molar-refractivity contribution is 5.90. The molecule has 0 saturated carbocycles. The zero-order valence-electron chi connectivity index (χ0n) is 18.1. The number of aliphatic imine (C=N–C) groups is 1. The summed E-state index contributed by atoms with van der Waals surface area (Å²) in [7, 11) is 0. The van der Waals surface area contributed by atoms with Gasteiger partial charge >= 0.3 is 6.18 Å². The van der Waals surface area contributed by atoms with E-state index in [1.807, 2.05) is 0 Å². The Morgan fingerprint density at radius 2 is 2.12 bits per heavy atom. The number of allylic oxidation sites excluding steroid dienone is 5. The number of alkyl halides is 3. The van der Waals surface area contributed by atoms with Crippen molar-refractivity contribution >= 4 is 29.2 Å². The lowest BCUT2D eigenvalue weighted by Gasteiger charge is -2.09. The molecule has 0 saturated heterocycles. The SMILES string of the molecule is C=C/C=C(\C=C(C)C)c1cn(CC(=O)Nc2ccc(C3=CNCC=N3)cn2)nc1C(F)(F)F. The minimum atomic E-state index is -4.69. The molecule has 2 aromatic rings. The summed E-state index contributed by atoms with van der Waals surface area (Å²) in [4.78, 5) is 20.9. The third-order valence-corrected chi connectivity index (χ3v) is 4.39. The first-order valence-corrected chi connectivity index (χ1v) is 10.0. The molecule has 0 atom stereocenters. The van der Waals surface area contributed by atoms with Gasteiger partial charge in [0.1, 0.15) is 12.4 Å². The number of halogens is 3. The molecule has 1 aliphatic heterocycles. The van der Waals surface area contributed by atoms with E-state index >= 15 is 0 Å². The molecule has 0 radical (unpaired) electrons. The molecule has 0 fully saturated rings. The molecule has 0 unspecified atom stereocenters. The number of nitrogens with zero attached hydrogens (tertiary/aromatic N) is 4. The van der Waals surface area contributed by atoms with Crippen molar-refractivity contribution in [1.82, 2.24) is 20.1 Å². The largest absolute Gasteiger partial charge is 0.435 e. The van der Waals surface area contributed by atoms with E-state index < -0.39 is 24.3 Å². The first-order chi connectivity index (χ1) is 15.7. The van der Waals surface area contributed by atoms with Gasteiger partial charge in [0.2, 0.25) is 5.91 Å². The predicted molar refractivity (Wildman–Crippen MR) is 122 cm³/mol. The van der Waals surface area contributed by atoms with E-state index in [1.54, 1.807) is 50.7 Å². The zero-order valence-corrected chi connectivity index (χ0v) is 18.1. The molecule has 1 aliphatic rings. The van der Waals surface area contributed by atoms with Crippen molar-refractivity contribution in [2.75, 3.05) is 11.9 Å². The van der Waals surface area contributed by atoms with E-state index in [9.17, 15) is 18.0 Å². The summed E-state index contributed by atoms with van der Waals surface area (Å²) in [6, 6.07) is 3.33. The van der Waals surface area contributed by atoms with Gasteiger partial charge in [0.15, 0.2) is 5.69 Å². The van der Waals surface area contributed by atoms with Crippen LogP contribution in [0.4, 0.5) is 19.0 Å². The standard InChI is InChI=1S/C23H23F3N6O/c1-4-5-16(10-15(2)3)18-13-32(31-22(18)23(24,25)26)14-21(33)30-20-7-6-17(11-29-20)19-12-27-8-9-28-19/h4-7,9-13,27H,1,8,14H2,2-3H3,(H,29,30,33)/b16-5+. The van der Waals surface area contributed by atoms with Crippen molar-refractivity contribution in [3.63, 3.8) is 0 Å². The van der Waals surface area contributed by atoms with Gasteiger partial charge in [-0.1, -0.05) is 30.4 Å². The minimum Gasteiger partial charge on any atom is -0.384 e. The number of pyridine rings is 1. The highest BCUT2D eigenvalue weighted by atomic mass is 19.4. The number of hydrogen-bond donors (Lipinski definition) is 2. The van der Waals surface area contributed by atoms with Gasteiger partial charge in [-0.15, -0.1) is 0 Å². The Morgan fingerprint density at radius 3 is 2.70 bits per heavy atom. The topological polar surface area (TPSA) is 84.2 Å². The van der Waals surface area contributed by atoms with Crippen LogP contribution < -0.4 is 10.6 Å². The lowest BCUT2D eigenvalue weighted by Crippen LogP contribution is -2.20. The molecule has 0 aromatic carbocycles. The van der Waals surface area contributed by atoms with Gasteiger partial charge in [-0.25, -0.2) is 4.98 Å². The molecule has 1 amide bonds. The Labute approximate surface area is 189 Å². The molecule has 0 spiro atoms. The molecular weight excluding hydrogens is 433 g/mol. The van der Waals surface area contributed by atoms with Gasteiger partial charge < -0.3 is 10.6 Å². The molecule has 0 bridgehead atoms. The fourth-order valence-corrected chi connectivity index (χ4v) is 3.07. The lowest BCUT2D eigenvalue weighted by atomic mass is 10.0. The van der Waals surface area contributed by atoms with Crippen LogP contribution in [0, 0.1) is 0 Å². The Bertz CT molecular complexity index is 1150. The van der Waals surface area contributed by atoms with Crippen LogP contribution in [0.25, 0.3) is 11.3 Å². The fourth-order valence-electron chi connectivity index (χ4n) is 3.07. The number of hydrogen-bond acceptors (Lipinski definition) is 5. The Hall–Kier alpha value is -3.95. The molecule has 33 heavy (non-hydrogen) atoms. The Morgan fingerprint density at radius 1 is 1.33 bits per heavy atom. The van der Waals surface area contributed by atoms with Gasteiger partial charge in [0.05, 0.1) is 5.70 Å². The summed E-state index contributed by atoms with van der Waals surface area (Å²) in [5, 5.41) is 9.23. The lowest BCUT2D eigenvalue weighted by molar-refractivity contribution is -0.141. The summed E-state index contributed by atoms with van der Waals surface area (Å²) in [5.74, 6) is -0.302. The van der Waals surface area contributed by atoms with Gasteiger partial charge in [0.25, 0.3) is 0 Å². The minimum absolute atomic E-state index is 0.131. The Balaban J connectivity index is 1.78. The maximum atomic E-state index is 13.6. The quantitative estimate of drug-likeness (QED) is 0.604. The van der Waals surface area contributed by atoms with Crippen LogP contribution in [0.2, 0.25) is 0 Å². The first-order valence-electron chi connectivity index (χ1n) is 10.0. The number of aromatic nitrogens is 3. The number of carbonyl (C=O) groups excluding carboxylic acids is 1. The number of nitrogens with one attached hydrogen (secondary N) is 2. The van der Waals surface area contributed by atoms with Crippen molar-refractivity contribution in [1.29, 1.82) is 0 Å². The van der Waals surface area contributed by atoms with E-state index in [-0.39, 0.29) is 11.4 Å². The van der Waals surface area contributed by atoms with Crippen molar-refractivity contribution in [2.24, 2.45) is 4.99 Å².